The molecule has 2 rings (SSSR count). The van der Waals surface area contributed by atoms with Crippen LogP contribution in [0.15, 0.2) is 18.2 Å². The predicted octanol–water partition coefficient (Wildman–Crippen LogP) is 3.96. The summed E-state index contributed by atoms with van der Waals surface area (Å²) in [7, 11) is 1.77. The van der Waals surface area contributed by atoms with Crippen molar-refractivity contribution >= 4 is 0 Å². The number of likely N-dealkylation sites (N-methyl/N-ethyl adjacent to an activating group) is 1. The minimum atomic E-state index is 0.577. The molecule has 0 heterocycles. The predicted molar refractivity (Wildman–Crippen MR) is 85.4 cm³/mol. The van der Waals surface area contributed by atoms with Gasteiger partial charge in [0.15, 0.2) is 0 Å². The molecule has 1 aliphatic rings. The Morgan fingerprint density at radius 2 is 2.15 bits per heavy atom. The maximum Gasteiger partial charge on any atom is 0.122 e. The normalized spacial score (nSPS) is 23.8. The highest BCUT2D eigenvalue weighted by Crippen LogP contribution is 2.35. The summed E-state index contributed by atoms with van der Waals surface area (Å²) < 4.78 is 5.54. The second-order valence-electron chi connectivity index (χ2n) is 6.26. The van der Waals surface area contributed by atoms with Crippen LogP contribution in [0, 0.1) is 18.8 Å². The first kappa shape index (κ1) is 15.4. The number of benzene rings is 1. The zero-order chi connectivity index (χ0) is 14.5. The fraction of sp³-hybridized carbons (Fsp3) is 0.667. The molecule has 2 heteroatoms. The first-order chi connectivity index (χ1) is 9.65. The van der Waals surface area contributed by atoms with Gasteiger partial charge >= 0.3 is 0 Å². The van der Waals surface area contributed by atoms with Gasteiger partial charge in [-0.25, -0.2) is 0 Å². The molecule has 1 aliphatic carbocycles. The summed E-state index contributed by atoms with van der Waals surface area (Å²) in [4.78, 5) is 0. The van der Waals surface area contributed by atoms with E-state index in [0.717, 1.165) is 30.6 Å². The van der Waals surface area contributed by atoms with Crippen molar-refractivity contribution in [3.63, 3.8) is 0 Å². The van der Waals surface area contributed by atoms with Crippen molar-refractivity contribution in [2.24, 2.45) is 11.8 Å². The van der Waals surface area contributed by atoms with Crippen molar-refractivity contribution in [2.45, 2.75) is 52.5 Å². The molecule has 1 fully saturated rings. The lowest BCUT2D eigenvalue weighted by Crippen LogP contribution is -2.39. The van der Waals surface area contributed by atoms with E-state index in [4.69, 9.17) is 4.74 Å². The van der Waals surface area contributed by atoms with Gasteiger partial charge in [-0.1, -0.05) is 44.4 Å². The molecular formula is C18H29NO. The average Bonchev–Trinajstić information content (AvgIpc) is 2.85. The zero-order valence-electron chi connectivity index (χ0n) is 13.4. The molecule has 0 saturated heterocycles. The van der Waals surface area contributed by atoms with Crippen LogP contribution in [0.4, 0.5) is 0 Å². The summed E-state index contributed by atoms with van der Waals surface area (Å²) in [6, 6.07) is 7.09. The SMILES string of the molecule is CCNC(Cc1cc(C)ccc1OC)C1CCCC1C. The first-order valence-corrected chi connectivity index (χ1v) is 8.02. The molecule has 0 bridgehead atoms. The molecular weight excluding hydrogens is 246 g/mol. The van der Waals surface area contributed by atoms with Crippen molar-refractivity contribution in [2.75, 3.05) is 13.7 Å². The molecule has 1 aromatic carbocycles. The van der Waals surface area contributed by atoms with Crippen LogP contribution in [0.2, 0.25) is 0 Å². The summed E-state index contributed by atoms with van der Waals surface area (Å²) in [5.41, 5.74) is 2.66. The van der Waals surface area contributed by atoms with Crippen molar-refractivity contribution in [1.82, 2.24) is 5.32 Å². The standard InChI is InChI=1S/C18H29NO/c1-5-19-17(16-8-6-7-14(16)3)12-15-11-13(2)9-10-18(15)20-4/h9-11,14,16-17,19H,5-8,12H2,1-4H3. The van der Waals surface area contributed by atoms with E-state index in [2.05, 4.69) is 44.3 Å². The lowest BCUT2D eigenvalue weighted by atomic mass is 9.86. The summed E-state index contributed by atoms with van der Waals surface area (Å²) in [5, 5.41) is 3.72. The Balaban J connectivity index is 2.17. The highest BCUT2D eigenvalue weighted by molar-refractivity contribution is 5.37. The summed E-state index contributed by atoms with van der Waals surface area (Å²) >= 11 is 0. The van der Waals surface area contributed by atoms with Crippen molar-refractivity contribution in [3.05, 3.63) is 29.3 Å². The van der Waals surface area contributed by atoms with Gasteiger partial charge in [-0.2, -0.15) is 0 Å². The van der Waals surface area contributed by atoms with Crippen LogP contribution in [-0.4, -0.2) is 19.7 Å². The fourth-order valence-electron chi connectivity index (χ4n) is 3.71. The molecule has 1 N–H and O–H groups in total. The number of hydrogen-bond acceptors (Lipinski definition) is 2. The van der Waals surface area contributed by atoms with Gasteiger partial charge in [0.2, 0.25) is 0 Å². The molecule has 0 aromatic heterocycles. The van der Waals surface area contributed by atoms with Gasteiger partial charge in [-0.15, -0.1) is 0 Å². The third-order valence-electron chi connectivity index (χ3n) is 4.79. The van der Waals surface area contributed by atoms with E-state index in [1.54, 1.807) is 7.11 Å². The summed E-state index contributed by atoms with van der Waals surface area (Å²) in [5.74, 6) is 2.68. The third kappa shape index (κ3) is 3.54. The molecule has 2 nitrogen and oxygen atoms in total. The van der Waals surface area contributed by atoms with E-state index < -0.39 is 0 Å². The van der Waals surface area contributed by atoms with Crippen LogP contribution >= 0.6 is 0 Å². The Bertz CT molecular complexity index is 429. The first-order valence-electron chi connectivity index (χ1n) is 8.02. The minimum absolute atomic E-state index is 0.577. The van der Waals surface area contributed by atoms with Crippen LogP contribution in [0.3, 0.4) is 0 Å². The Kier molecular flexibility index (Phi) is 5.47. The Labute approximate surface area is 123 Å². The lowest BCUT2D eigenvalue weighted by molar-refractivity contribution is 0.295. The second-order valence-corrected chi connectivity index (χ2v) is 6.26. The molecule has 0 radical (unpaired) electrons. The minimum Gasteiger partial charge on any atom is -0.496 e. The van der Waals surface area contributed by atoms with Crippen molar-refractivity contribution in [1.29, 1.82) is 0 Å². The van der Waals surface area contributed by atoms with Crippen LogP contribution in [0.25, 0.3) is 0 Å². The van der Waals surface area contributed by atoms with Crippen LogP contribution in [0.5, 0.6) is 5.75 Å². The van der Waals surface area contributed by atoms with Crippen LogP contribution in [-0.2, 0) is 6.42 Å². The number of methoxy groups -OCH3 is 1. The highest BCUT2D eigenvalue weighted by atomic mass is 16.5. The van der Waals surface area contributed by atoms with Crippen molar-refractivity contribution in [3.8, 4) is 5.75 Å². The Hall–Kier alpha value is -1.02. The molecule has 3 atom stereocenters. The molecule has 3 unspecified atom stereocenters. The number of hydrogen-bond donors (Lipinski definition) is 1. The monoisotopic (exact) mass is 275 g/mol. The van der Waals surface area contributed by atoms with Gasteiger partial charge in [0.25, 0.3) is 0 Å². The molecule has 0 amide bonds. The van der Waals surface area contributed by atoms with Crippen LogP contribution in [0.1, 0.15) is 44.2 Å². The van der Waals surface area contributed by atoms with E-state index in [1.807, 2.05) is 0 Å². The maximum absolute atomic E-state index is 5.54. The smallest absolute Gasteiger partial charge is 0.122 e. The van der Waals surface area contributed by atoms with E-state index in [1.165, 1.54) is 30.4 Å². The van der Waals surface area contributed by atoms with E-state index >= 15 is 0 Å². The Morgan fingerprint density at radius 1 is 1.35 bits per heavy atom. The number of aryl methyl sites for hydroxylation is 1. The van der Waals surface area contributed by atoms with Crippen molar-refractivity contribution < 1.29 is 4.74 Å². The van der Waals surface area contributed by atoms with Gasteiger partial charge in [0, 0.05) is 6.04 Å². The van der Waals surface area contributed by atoms with E-state index in [-0.39, 0.29) is 0 Å². The zero-order valence-corrected chi connectivity index (χ0v) is 13.4. The van der Waals surface area contributed by atoms with Gasteiger partial charge in [-0.05, 0) is 49.8 Å². The lowest BCUT2D eigenvalue weighted by Gasteiger charge is -2.28. The van der Waals surface area contributed by atoms with Gasteiger partial charge < -0.3 is 10.1 Å². The fourth-order valence-corrected chi connectivity index (χ4v) is 3.71. The number of ether oxygens (including phenoxy) is 1. The topological polar surface area (TPSA) is 21.3 Å². The summed E-state index contributed by atoms with van der Waals surface area (Å²) in [6.07, 6.45) is 5.22. The highest BCUT2D eigenvalue weighted by Gasteiger charge is 2.30. The molecule has 112 valence electrons. The molecule has 0 spiro atoms. The van der Waals surface area contributed by atoms with E-state index in [0.29, 0.717) is 6.04 Å². The molecule has 0 aliphatic heterocycles. The second kappa shape index (κ2) is 7.12. The molecule has 1 aromatic rings. The average molecular weight is 275 g/mol. The quantitative estimate of drug-likeness (QED) is 0.848. The maximum atomic E-state index is 5.54. The largest absolute Gasteiger partial charge is 0.496 e. The van der Waals surface area contributed by atoms with Gasteiger partial charge in [-0.3, -0.25) is 0 Å². The van der Waals surface area contributed by atoms with Crippen LogP contribution < -0.4 is 10.1 Å². The van der Waals surface area contributed by atoms with Gasteiger partial charge in [0.05, 0.1) is 7.11 Å². The van der Waals surface area contributed by atoms with Gasteiger partial charge in [0.1, 0.15) is 5.75 Å². The number of rotatable bonds is 6. The molecule has 1 saturated carbocycles. The van der Waals surface area contributed by atoms with E-state index in [9.17, 15) is 0 Å². The number of nitrogens with one attached hydrogen (secondary N) is 1. The Morgan fingerprint density at radius 3 is 2.75 bits per heavy atom. The molecule has 20 heavy (non-hydrogen) atoms. The summed E-state index contributed by atoms with van der Waals surface area (Å²) in [6.45, 7) is 7.82. The third-order valence-corrected chi connectivity index (χ3v) is 4.79.